The summed E-state index contributed by atoms with van der Waals surface area (Å²) in [5.74, 6) is 1.97. The van der Waals surface area contributed by atoms with Crippen molar-refractivity contribution < 1.29 is 4.79 Å². The molecule has 2 aromatic heterocycles. The van der Waals surface area contributed by atoms with Crippen LogP contribution in [0.3, 0.4) is 0 Å². The van der Waals surface area contributed by atoms with Crippen LogP contribution in [-0.4, -0.2) is 81.1 Å². The molecule has 6 heterocycles. The molecule has 9 nitrogen and oxygen atoms in total. The molecular weight excluding hydrogens is 548 g/mol. The SMILES string of the molecule is CC(=O)N1CCc2c(c(N3CCCc4cc(-c5cnn(C)c5)c(C)cc43)nn2C2CCN(CC3CCNCC3(C)C)CC2)C1. The zero-order chi connectivity index (χ0) is 30.6. The Morgan fingerprint density at radius 2 is 1.91 bits per heavy atom. The van der Waals surface area contributed by atoms with Crippen LogP contribution in [0.4, 0.5) is 11.5 Å². The van der Waals surface area contributed by atoms with Gasteiger partial charge in [0.2, 0.25) is 5.91 Å². The molecule has 1 amide bonds. The summed E-state index contributed by atoms with van der Waals surface area (Å²) in [5.41, 5.74) is 9.29. The van der Waals surface area contributed by atoms with E-state index in [0.29, 0.717) is 18.0 Å². The van der Waals surface area contributed by atoms with E-state index < -0.39 is 0 Å². The Kier molecular flexibility index (Phi) is 7.81. The lowest BCUT2D eigenvalue weighted by Crippen LogP contribution is -2.48. The van der Waals surface area contributed by atoms with E-state index in [4.69, 9.17) is 5.10 Å². The summed E-state index contributed by atoms with van der Waals surface area (Å²) in [5, 5.41) is 13.5. The molecule has 9 heteroatoms. The highest BCUT2D eigenvalue weighted by molar-refractivity contribution is 5.77. The molecule has 4 aliphatic rings. The van der Waals surface area contributed by atoms with Gasteiger partial charge in [-0.25, -0.2) is 0 Å². The molecule has 2 saturated heterocycles. The normalized spacial score (nSPS) is 22.6. The summed E-state index contributed by atoms with van der Waals surface area (Å²) < 4.78 is 4.28. The number of aryl methyl sites for hydroxylation is 3. The van der Waals surface area contributed by atoms with Gasteiger partial charge in [-0.05, 0) is 85.7 Å². The van der Waals surface area contributed by atoms with Crippen molar-refractivity contribution in [3.63, 3.8) is 0 Å². The minimum Gasteiger partial charge on any atom is -0.338 e. The van der Waals surface area contributed by atoms with Crippen molar-refractivity contribution in [2.24, 2.45) is 18.4 Å². The molecule has 4 aliphatic heterocycles. The molecular formula is C35H50N8O. The third-order valence-electron chi connectivity index (χ3n) is 11.1. The number of piperidine rings is 2. The van der Waals surface area contributed by atoms with Gasteiger partial charge in [-0.15, -0.1) is 0 Å². The van der Waals surface area contributed by atoms with E-state index in [1.807, 2.05) is 22.8 Å². The van der Waals surface area contributed by atoms with Crippen molar-refractivity contribution in [2.75, 3.05) is 50.7 Å². The van der Waals surface area contributed by atoms with Crippen LogP contribution in [0.1, 0.15) is 74.9 Å². The second-order valence-electron chi connectivity index (χ2n) is 14.5. The van der Waals surface area contributed by atoms with Crippen LogP contribution in [0.2, 0.25) is 0 Å². The van der Waals surface area contributed by atoms with Crippen LogP contribution in [0.25, 0.3) is 11.1 Å². The fraction of sp³-hybridized carbons (Fsp3) is 0.629. The third-order valence-corrected chi connectivity index (χ3v) is 11.1. The van der Waals surface area contributed by atoms with Gasteiger partial charge in [0.05, 0.1) is 18.8 Å². The number of rotatable bonds is 5. The zero-order valence-corrected chi connectivity index (χ0v) is 27.4. The highest BCUT2D eigenvalue weighted by Gasteiger charge is 2.36. The molecule has 1 atom stereocenters. The zero-order valence-electron chi connectivity index (χ0n) is 27.4. The highest BCUT2D eigenvalue weighted by atomic mass is 16.2. The van der Waals surface area contributed by atoms with Gasteiger partial charge in [-0.1, -0.05) is 13.8 Å². The van der Waals surface area contributed by atoms with Crippen LogP contribution in [0.5, 0.6) is 0 Å². The van der Waals surface area contributed by atoms with Crippen LogP contribution >= 0.6 is 0 Å². The number of hydrogen-bond acceptors (Lipinski definition) is 6. The Labute approximate surface area is 262 Å². The number of nitrogens with zero attached hydrogens (tertiary/aromatic N) is 7. The first-order chi connectivity index (χ1) is 21.2. The van der Waals surface area contributed by atoms with Gasteiger partial charge in [-0.2, -0.15) is 10.2 Å². The summed E-state index contributed by atoms with van der Waals surface area (Å²) in [4.78, 5) is 19.7. The number of carbonyl (C=O) groups excluding carboxylic acids is 1. The predicted octanol–water partition coefficient (Wildman–Crippen LogP) is 4.85. The largest absolute Gasteiger partial charge is 0.338 e. The lowest BCUT2D eigenvalue weighted by atomic mass is 9.74. The van der Waals surface area contributed by atoms with Gasteiger partial charge in [0.15, 0.2) is 5.82 Å². The fourth-order valence-corrected chi connectivity index (χ4v) is 8.26. The van der Waals surface area contributed by atoms with E-state index in [9.17, 15) is 4.79 Å². The molecule has 7 rings (SSSR count). The number of benzene rings is 1. The molecule has 2 fully saturated rings. The van der Waals surface area contributed by atoms with Crippen molar-refractivity contribution in [3.8, 4) is 11.1 Å². The van der Waals surface area contributed by atoms with E-state index in [2.05, 4.69) is 64.0 Å². The Hall–Kier alpha value is -3.17. The molecule has 0 saturated carbocycles. The predicted molar refractivity (Wildman–Crippen MR) is 175 cm³/mol. The summed E-state index contributed by atoms with van der Waals surface area (Å²) in [6, 6.07) is 5.14. The maximum atomic E-state index is 12.5. The highest BCUT2D eigenvalue weighted by Crippen LogP contribution is 2.42. The molecule has 0 spiro atoms. The van der Waals surface area contributed by atoms with Gasteiger partial charge < -0.3 is 20.0 Å². The van der Waals surface area contributed by atoms with E-state index in [1.165, 1.54) is 52.2 Å². The molecule has 44 heavy (non-hydrogen) atoms. The number of carbonyl (C=O) groups is 1. The monoisotopic (exact) mass is 598 g/mol. The standard InChI is InChI=1S/C35H50N8O/c1-24-17-33-26(18-30(24)27-19-37-39(5)20-27)7-6-13-42(33)34-31-22-41(25(2)44)16-11-32(31)43(38-34)29-9-14-40(15-10-29)21-28-8-12-36-23-35(28,3)4/h17-20,28-29,36H,6-16,21-23H2,1-5H3. The number of amides is 1. The summed E-state index contributed by atoms with van der Waals surface area (Å²) in [7, 11) is 1.97. The van der Waals surface area contributed by atoms with Crippen molar-refractivity contribution in [2.45, 2.75) is 78.8 Å². The minimum atomic E-state index is 0.152. The quantitative estimate of drug-likeness (QED) is 0.453. The Bertz CT molecular complexity index is 1530. The molecule has 236 valence electrons. The summed E-state index contributed by atoms with van der Waals surface area (Å²) in [6.45, 7) is 16.9. The number of likely N-dealkylation sites (tertiary alicyclic amines) is 1. The second-order valence-corrected chi connectivity index (χ2v) is 14.5. The smallest absolute Gasteiger partial charge is 0.219 e. The number of fused-ring (bicyclic) bond motifs is 2. The first-order valence-electron chi connectivity index (χ1n) is 16.9. The molecule has 0 bridgehead atoms. The van der Waals surface area contributed by atoms with Gasteiger partial charge in [0, 0.05) is 88.4 Å². The van der Waals surface area contributed by atoms with Crippen LogP contribution in [0, 0.1) is 18.3 Å². The van der Waals surface area contributed by atoms with Gasteiger partial charge >= 0.3 is 0 Å². The van der Waals surface area contributed by atoms with Gasteiger partial charge in [-0.3, -0.25) is 14.2 Å². The van der Waals surface area contributed by atoms with Crippen molar-refractivity contribution in [3.05, 3.63) is 46.9 Å². The molecule has 1 aromatic carbocycles. The first kappa shape index (κ1) is 29.5. The first-order valence-corrected chi connectivity index (χ1v) is 16.9. The maximum absolute atomic E-state index is 12.5. The maximum Gasteiger partial charge on any atom is 0.219 e. The van der Waals surface area contributed by atoms with Crippen molar-refractivity contribution in [1.29, 1.82) is 0 Å². The molecule has 0 aliphatic carbocycles. The van der Waals surface area contributed by atoms with Gasteiger partial charge in [0.25, 0.3) is 0 Å². The minimum absolute atomic E-state index is 0.152. The number of hydrogen-bond donors (Lipinski definition) is 1. The number of anilines is 2. The number of nitrogens with one attached hydrogen (secondary N) is 1. The van der Waals surface area contributed by atoms with Crippen molar-refractivity contribution >= 4 is 17.4 Å². The van der Waals surface area contributed by atoms with Crippen LogP contribution in [0.15, 0.2) is 24.5 Å². The molecule has 0 radical (unpaired) electrons. The second kappa shape index (κ2) is 11.6. The Morgan fingerprint density at radius 1 is 1.09 bits per heavy atom. The van der Waals surface area contributed by atoms with E-state index in [0.717, 1.165) is 83.1 Å². The average Bonchev–Trinajstić information content (AvgIpc) is 3.61. The Balaban J connectivity index is 1.17. The molecule has 1 N–H and O–H groups in total. The number of aromatic nitrogens is 4. The molecule has 1 unspecified atom stereocenters. The molecule has 3 aromatic rings. The lowest BCUT2D eigenvalue weighted by molar-refractivity contribution is -0.129. The Morgan fingerprint density at radius 3 is 2.64 bits per heavy atom. The van der Waals surface area contributed by atoms with Gasteiger partial charge in [0.1, 0.15) is 0 Å². The van der Waals surface area contributed by atoms with Crippen molar-refractivity contribution in [1.82, 2.24) is 34.7 Å². The van der Waals surface area contributed by atoms with E-state index in [-0.39, 0.29) is 5.91 Å². The van der Waals surface area contributed by atoms with Crippen LogP contribution in [-0.2, 0) is 31.2 Å². The van der Waals surface area contributed by atoms with E-state index >= 15 is 0 Å². The summed E-state index contributed by atoms with van der Waals surface area (Å²) in [6.07, 6.45) is 10.6. The van der Waals surface area contributed by atoms with E-state index in [1.54, 1.807) is 6.92 Å². The third kappa shape index (κ3) is 5.47. The van der Waals surface area contributed by atoms with Crippen LogP contribution < -0.4 is 10.2 Å². The summed E-state index contributed by atoms with van der Waals surface area (Å²) >= 11 is 0. The lowest BCUT2D eigenvalue weighted by Gasteiger charge is -2.43. The fourth-order valence-electron chi connectivity index (χ4n) is 8.26. The average molecular weight is 599 g/mol. The topological polar surface area (TPSA) is 74.5 Å².